The van der Waals surface area contributed by atoms with E-state index in [0.29, 0.717) is 43.0 Å². The van der Waals surface area contributed by atoms with E-state index in [9.17, 15) is 19.2 Å². The maximum atomic E-state index is 13.3. The molecule has 1 fully saturated rings. The van der Waals surface area contributed by atoms with Crippen LogP contribution in [0.3, 0.4) is 0 Å². The lowest BCUT2D eigenvalue weighted by Gasteiger charge is -2.23. The molecule has 1 aliphatic rings. The Bertz CT molecular complexity index is 1910. The van der Waals surface area contributed by atoms with Crippen molar-refractivity contribution in [1.29, 1.82) is 0 Å². The zero-order valence-corrected chi connectivity index (χ0v) is 27.6. The van der Waals surface area contributed by atoms with Gasteiger partial charge in [-0.05, 0) is 91.6 Å². The molecule has 0 aliphatic carbocycles. The first-order valence-corrected chi connectivity index (χ1v) is 15.7. The van der Waals surface area contributed by atoms with Crippen molar-refractivity contribution in [2.45, 2.75) is 25.8 Å². The molecule has 0 atom stereocenters. The molecular weight excluding hydrogens is 608 g/mol. The highest BCUT2D eigenvalue weighted by Gasteiger charge is 2.20. The van der Waals surface area contributed by atoms with E-state index in [1.807, 2.05) is 56.3 Å². The van der Waals surface area contributed by atoms with E-state index < -0.39 is 5.91 Å². The van der Waals surface area contributed by atoms with Gasteiger partial charge in [0.2, 0.25) is 5.91 Å². The van der Waals surface area contributed by atoms with Gasteiger partial charge in [-0.2, -0.15) is 0 Å². The van der Waals surface area contributed by atoms with Gasteiger partial charge in [0.15, 0.2) is 0 Å². The van der Waals surface area contributed by atoms with E-state index >= 15 is 0 Å². The summed E-state index contributed by atoms with van der Waals surface area (Å²) in [6.07, 6.45) is 4.28. The average molecular weight is 649 g/mol. The molecule has 11 nitrogen and oxygen atoms in total. The molecule has 0 bridgehead atoms. The smallest absolute Gasteiger partial charge is 0.274 e. The van der Waals surface area contributed by atoms with Gasteiger partial charge in [-0.1, -0.05) is 18.7 Å². The molecule has 0 saturated carbocycles. The Morgan fingerprint density at radius 1 is 0.917 bits per heavy atom. The number of aromatic nitrogens is 1. The fourth-order valence-electron chi connectivity index (χ4n) is 5.51. The molecule has 1 aliphatic heterocycles. The van der Waals surface area contributed by atoms with Gasteiger partial charge in [0.25, 0.3) is 17.4 Å². The lowest BCUT2D eigenvalue weighted by atomic mass is 9.99. The molecule has 0 unspecified atom stereocenters. The molecule has 0 radical (unpaired) electrons. The van der Waals surface area contributed by atoms with Crippen LogP contribution >= 0.6 is 0 Å². The van der Waals surface area contributed by atoms with Crippen LogP contribution in [0, 0.1) is 6.92 Å². The number of aryl methyl sites for hydroxylation is 1. The fourth-order valence-corrected chi connectivity index (χ4v) is 5.51. The molecule has 4 aromatic rings. The fraction of sp³-hybridized carbons (Fsp3) is 0.243. The second kappa shape index (κ2) is 14.8. The molecule has 248 valence electrons. The molecule has 3 amide bonds. The van der Waals surface area contributed by atoms with E-state index in [2.05, 4.69) is 27.8 Å². The highest BCUT2D eigenvalue weighted by atomic mass is 16.5. The first-order valence-electron chi connectivity index (χ1n) is 15.7. The Balaban J connectivity index is 1.41. The topological polar surface area (TPSA) is 134 Å². The highest BCUT2D eigenvalue weighted by Crippen LogP contribution is 2.31. The van der Waals surface area contributed by atoms with Crippen molar-refractivity contribution in [3.8, 4) is 11.1 Å². The SMILES string of the molecule is C=CC(=O)Nc1cc(Nc2cc(-c3cccc(NC(=O)c4ccc(N(C)C)cc4)c3C)cn(C)c2=O)ccc1C(=O)NC1CCOCC1. The van der Waals surface area contributed by atoms with Gasteiger partial charge in [0, 0.05) is 74.8 Å². The summed E-state index contributed by atoms with van der Waals surface area (Å²) in [6.45, 7) is 6.58. The standard InChI is InChI=1S/C37H40N6O5/c1-6-34(44)40-32-21-27(12-15-30(32)36(46)39-26-16-18-48-19-17-26)38-33-20-25(22-43(5)37(33)47)29-8-7-9-31(23(29)2)41-35(45)24-10-13-28(14-11-24)42(3)4/h6-15,20-22,26,38H,1,16-19H2,2-5H3,(H,39,46)(H,40,44)(H,41,45). The molecule has 48 heavy (non-hydrogen) atoms. The van der Waals surface area contributed by atoms with Crippen LogP contribution < -0.4 is 31.7 Å². The van der Waals surface area contributed by atoms with Crippen LogP contribution in [0.2, 0.25) is 0 Å². The summed E-state index contributed by atoms with van der Waals surface area (Å²) >= 11 is 0. The van der Waals surface area contributed by atoms with Crippen LogP contribution in [-0.4, -0.2) is 55.6 Å². The molecule has 0 spiro atoms. The van der Waals surface area contributed by atoms with Crippen LogP contribution in [0.4, 0.5) is 28.4 Å². The number of amides is 3. The van der Waals surface area contributed by atoms with Crippen molar-refractivity contribution in [3.05, 3.63) is 113 Å². The Hall–Kier alpha value is -5.68. The summed E-state index contributed by atoms with van der Waals surface area (Å²) in [5, 5.41) is 11.9. The lowest BCUT2D eigenvalue weighted by molar-refractivity contribution is -0.111. The average Bonchev–Trinajstić information content (AvgIpc) is 3.08. The maximum Gasteiger partial charge on any atom is 0.274 e. The van der Waals surface area contributed by atoms with Gasteiger partial charge in [0.05, 0.1) is 11.3 Å². The summed E-state index contributed by atoms with van der Waals surface area (Å²) in [6, 6.07) is 19.6. The van der Waals surface area contributed by atoms with Crippen LogP contribution in [0.5, 0.6) is 0 Å². The van der Waals surface area contributed by atoms with E-state index in [1.165, 1.54) is 4.57 Å². The number of carbonyl (C=O) groups is 3. The Kier molecular flexibility index (Phi) is 10.4. The first kappa shape index (κ1) is 33.7. The Morgan fingerprint density at radius 3 is 2.33 bits per heavy atom. The van der Waals surface area contributed by atoms with Crippen LogP contribution in [-0.2, 0) is 16.6 Å². The highest BCUT2D eigenvalue weighted by molar-refractivity contribution is 6.07. The number of carbonyl (C=O) groups excluding carboxylic acids is 3. The quantitative estimate of drug-likeness (QED) is 0.168. The molecule has 1 aromatic heterocycles. The predicted octanol–water partition coefficient (Wildman–Crippen LogP) is 5.46. The van der Waals surface area contributed by atoms with Crippen LogP contribution in [0.1, 0.15) is 39.1 Å². The predicted molar refractivity (Wildman–Crippen MR) is 190 cm³/mol. The number of ether oxygens (including phenoxy) is 1. The van der Waals surface area contributed by atoms with Crippen LogP contribution in [0.15, 0.2) is 90.4 Å². The van der Waals surface area contributed by atoms with Crippen molar-refractivity contribution >= 4 is 46.2 Å². The number of pyridine rings is 1. The largest absolute Gasteiger partial charge is 0.381 e. The van der Waals surface area contributed by atoms with Crippen molar-refractivity contribution in [2.75, 3.05) is 48.2 Å². The van der Waals surface area contributed by atoms with Gasteiger partial charge in [-0.25, -0.2) is 0 Å². The minimum Gasteiger partial charge on any atom is -0.381 e. The van der Waals surface area contributed by atoms with E-state index in [0.717, 1.165) is 28.5 Å². The van der Waals surface area contributed by atoms with Gasteiger partial charge < -0.3 is 35.5 Å². The number of hydrogen-bond acceptors (Lipinski definition) is 7. The minimum absolute atomic E-state index is 0.0253. The maximum absolute atomic E-state index is 13.3. The van der Waals surface area contributed by atoms with Crippen molar-refractivity contribution in [3.63, 3.8) is 0 Å². The summed E-state index contributed by atoms with van der Waals surface area (Å²) in [7, 11) is 5.54. The number of nitrogens with zero attached hydrogens (tertiary/aromatic N) is 2. The summed E-state index contributed by atoms with van der Waals surface area (Å²) in [4.78, 5) is 53.8. The summed E-state index contributed by atoms with van der Waals surface area (Å²) in [5.74, 6) is -1.02. The van der Waals surface area contributed by atoms with Crippen molar-refractivity contribution in [2.24, 2.45) is 7.05 Å². The molecular formula is C37H40N6O5. The second-order valence-corrected chi connectivity index (χ2v) is 11.9. The minimum atomic E-state index is -0.474. The van der Waals surface area contributed by atoms with Gasteiger partial charge in [-0.3, -0.25) is 19.2 Å². The third kappa shape index (κ3) is 7.81. The molecule has 5 rings (SSSR count). The molecule has 2 heterocycles. The number of benzene rings is 3. The second-order valence-electron chi connectivity index (χ2n) is 11.9. The number of hydrogen-bond donors (Lipinski definition) is 4. The monoisotopic (exact) mass is 648 g/mol. The number of nitrogens with one attached hydrogen (secondary N) is 4. The van der Waals surface area contributed by atoms with Crippen molar-refractivity contribution < 1.29 is 19.1 Å². The zero-order valence-electron chi connectivity index (χ0n) is 27.6. The first-order chi connectivity index (χ1) is 23.0. The van der Waals surface area contributed by atoms with Crippen LogP contribution in [0.25, 0.3) is 11.1 Å². The van der Waals surface area contributed by atoms with Gasteiger partial charge in [-0.15, -0.1) is 0 Å². The molecule has 11 heteroatoms. The number of anilines is 5. The summed E-state index contributed by atoms with van der Waals surface area (Å²) in [5.41, 5.74) is 5.64. The zero-order chi connectivity index (χ0) is 34.4. The Labute approximate surface area is 279 Å². The lowest BCUT2D eigenvalue weighted by Crippen LogP contribution is -2.39. The third-order valence-electron chi connectivity index (χ3n) is 8.27. The van der Waals surface area contributed by atoms with E-state index in [1.54, 1.807) is 49.6 Å². The Morgan fingerprint density at radius 2 is 1.65 bits per heavy atom. The molecule has 4 N–H and O–H groups in total. The molecule has 3 aromatic carbocycles. The molecule has 1 saturated heterocycles. The normalized spacial score (nSPS) is 12.9. The number of rotatable bonds is 10. The van der Waals surface area contributed by atoms with Crippen molar-refractivity contribution in [1.82, 2.24) is 9.88 Å². The third-order valence-corrected chi connectivity index (χ3v) is 8.27. The van der Waals surface area contributed by atoms with Gasteiger partial charge in [0.1, 0.15) is 5.69 Å². The summed E-state index contributed by atoms with van der Waals surface area (Å²) < 4.78 is 6.86. The van der Waals surface area contributed by atoms with E-state index in [-0.39, 0.29) is 40.4 Å². The van der Waals surface area contributed by atoms with Gasteiger partial charge >= 0.3 is 0 Å². The van der Waals surface area contributed by atoms with E-state index in [4.69, 9.17) is 4.74 Å².